The van der Waals surface area contributed by atoms with Crippen molar-refractivity contribution in [2.45, 2.75) is 6.42 Å². The number of non-ortho nitro benzene ring substituents is 1. The predicted octanol–water partition coefficient (Wildman–Crippen LogP) is 3.54. The van der Waals surface area contributed by atoms with E-state index < -0.39 is 46.8 Å². The Hall–Kier alpha value is -3.85. The first-order valence-corrected chi connectivity index (χ1v) is 12.1. The van der Waals surface area contributed by atoms with E-state index in [-0.39, 0.29) is 33.7 Å². The summed E-state index contributed by atoms with van der Waals surface area (Å²) in [5, 5.41) is 13.0. The van der Waals surface area contributed by atoms with E-state index in [0.29, 0.717) is 11.8 Å². The van der Waals surface area contributed by atoms with Gasteiger partial charge in [-0.2, -0.15) is 5.01 Å². The van der Waals surface area contributed by atoms with Crippen LogP contribution in [0.4, 0.5) is 5.69 Å². The zero-order valence-corrected chi connectivity index (χ0v) is 19.6. The minimum atomic E-state index is -0.773. The molecule has 2 saturated carbocycles. The first-order chi connectivity index (χ1) is 17.3. The van der Waals surface area contributed by atoms with Crippen LogP contribution < -0.4 is 0 Å². The normalized spacial score (nSPS) is 29.1. The Balaban J connectivity index is 1.37. The van der Waals surface area contributed by atoms with Gasteiger partial charge in [-0.1, -0.05) is 48.0 Å². The highest BCUT2D eigenvalue weighted by molar-refractivity contribution is 6.34. The van der Waals surface area contributed by atoms with Gasteiger partial charge in [0.2, 0.25) is 0 Å². The largest absolute Gasteiger partial charge is 0.292 e. The van der Waals surface area contributed by atoms with Crippen LogP contribution in [0.1, 0.15) is 27.1 Å². The Bertz CT molecular complexity index is 1350. The number of rotatable bonds is 6. The van der Waals surface area contributed by atoms with Gasteiger partial charge in [0.05, 0.1) is 27.3 Å². The number of imide groups is 1. The molecule has 0 radical (unpaired) electrons. The van der Waals surface area contributed by atoms with Crippen LogP contribution in [0.15, 0.2) is 60.7 Å². The maximum Gasteiger partial charge on any atom is 0.274 e. The van der Waals surface area contributed by atoms with Crippen LogP contribution in [0.3, 0.4) is 0 Å². The van der Waals surface area contributed by atoms with Gasteiger partial charge in [0.25, 0.3) is 23.4 Å². The van der Waals surface area contributed by atoms with Crippen molar-refractivity contribution >= 4 is 40.8 Å². The number of hydrazine groups is 1. The molecule has 1 heterocycles. The van der Waals surface area contributed by atoms with E-state index in [9.17, 15) is 29.3 Å². The molecular formula is C26H20ClN3O6. The quantitative estimate of drug-likeness (QED) is 0.195. The highest BCUT2D eigenvalue weighted by atomic mass is 35.5. The first-order valence-electron chi connectivity index (χ1n) is 11.7. The fourth-order valence-electron chi connectivity index (χ4n) is 6.21. The molecule has 1 aliphatic heterocycles. The van der Waals surface area contributed by atoms with Gasteiger partial charge in [0.1, 0.15) is 6.54 Å². The highest BCUT2D eigenvalue weighted by Crippen LogP contribution is 2.65. The first kappa shape index (κ1) is 22.6. The summed E-state index contributed by atoms with van der Waals surface area (Å²) in [7, 11) is 0. The van der Waals surface area contributed by atoms with E-state index >= 15 is 0 Å². The summed E-state index contributed by atoms with van der Waals surface area (Å²) in [6, 6.07) is 11.3. The second-order valence-electron chi connectivity index (χ2n) is 9.72. The number of nitro benzene ring substituents is 1. The van der Waals surface area contributed by atoms with Crippen molar-refractivity contribution < 1.29 is 24.1 Å². The van der Waals surface area contributed by atoms with Crippen LogP contribution in [-0.2, 0) is 9.59 Å². The Morgan fingerprint density at radius 1 is 1.00 bits per heavy atom. The number of amides is 3. The van der Waals surface area contributed by atoms with E-state index in [1.165, 1.54) is 30.3 Å². The zero-order chi connectivity index (χ0) is 25.3. The van der Waals surface area contributed by atoms with Gasteiger partial charge in [0, 0.05) is 17.7 Å². The van der Waals surface area contributed by atoms with Crippen molar-refractivity contribution in [1.82, 2.24) is 10.0 Å². The molecule has 0 spiro atoms. The molecule has 182 valence electrons. The molecule has 9 nitrogen and oxygen atoms in total. The maximum absolute atomic E-state index is 13.7. The predicted molar refractivity (Wildman–Crippen MR) is 126 cm³/mol. The lowest BCUT2D eigenvalue weighted by Crippen LogP contribution is -2.52. The third-order valence-corrected chi connectivity index (χ3v) is 8.22. The smallest absolute Gasteiger partial charge is 0.274 e. The number of nitrogens with zero attached hydrogens (tertiary/aromatic N) is 3. The van der Waals surface area contributed by atoms with Gasteiger partial charge < -0.3 is 0 Å². The lowest BCUT2D eigenvalue weighted by atomic mass is 9.63. The molecule has 10 heteroatoms. The fraction of sp³-hybridized carbons (Fsp3) is 0.308. The molecular weight excluding hydrogens is 486 g/mol. The van der Waals surface area contributed by atoms with Gasteiger partial charge in [-0.05, 0) is 42.2 Å². The fourth-order valence-corrected chi connectivity index (χ4v) is 6.42. The number of Topliss-reactive ketones (excluding diaryl/α,β-unsaturated/α-hetero) is 1. The van der Waals surface area contributed by atoms with Crippen molar-refractivity contribution in [3.05, 3.63) is 86.9 Å². The Kier molecular flexibility index (Phi) is 5.08. The monoisotopic (exact) mass is 505 g/mol. The van der Waals surface area contributed by atoms with E-state index in [1.54, 1.807) is 12.1 Å². The SMILES string of the molecule is O=C(CN(C(=O)c1ccccc1Cl)N1C(=O)[C@@H]2[C@H]3C=C[C@@H]([C@@H]4C[C@@H]34)[C@@H]2C1=O)c1cccc([N+](=O)[O-])c1. The van der Waals surface area contributed by atoms with Gasteiger partial charge >= 0.3 is 0 Å². The molecule has 0 N–H and O–H groups in total. The van der Waals surface area contributed by atoms with Crippen molar-refractivity contribution in [3.8, 4) is 0 Å². The summed E-state index contributed by atoms with van der Waals surface area (Å²) < 4.78 is 0. The van der Waals surface area contributed by atoms with Crippen LogP contribution in [0.5, 0.6) is 0 Å². The number of ketones is 1. The Labute approximate surface area is 210 Å². The van der Waals surface area contributed by atoms with Gasteiger partial charge in [0.15, 0.2) is 5.78 Å². The summed E-state index contributed by atoms with van der Waals surface area (Å²) >= 11 is 6.25. The van der Waals surface area contributed by atoms with Crippen molar-refractivity contribution in [1.29, 1.82) is 0 Å². The molecule has 4 aliphatic carbocycles. The number of carbonyl (C=O) groups excluding carboxylic acids is 4. The number of nitro groups is 1. The molecule has 5 aliphatic rings. The average molecular weight is 506 g/mol. The number of halogens is 1. The van der Waals surface area contributed by atoms with Crippen molar-refractivity contribution in [3.63, 3.8) is 0 Å². The van der Waals surface area contributed by atoms with E-state index in [1.807, 2.05) is 12.2 Å². The maximum atomic E-state index is 13.7. The molecule has 7 rings (SSSR count). The molecule has 2 bridgehead atoms. The molecule has 0 unspecified atom stereocenters. The topological polar surface area (TPSA) is 118 Å². The van der Waals surface area contributed by atoms with E-state index in [0.717, 1.165) is 22.5 Å². The summed E-state index contributed by atoms with van der Waals surface area (Å²) in [6.07, 6.45) is 5.02. The third-order valence-electron chi connectivity index (χ3n) is 7.89. The van der Waals surface area contributed by atoms with Crippen molar-refractivity contribution in [2.24, 2.45) is 35.5 Å². The summed E-state index contributed by atoms with van der Waals surface area (Å²) in [4.78, 5) is 64.8. The van der Waals surface area contributed by atoms with Crippen LogP contribution >= 0.6 is 11.6 Å². The molecule has 0 aromatic heterocycles. The zero-order valence-electron chi connectivity index (χ0n) is 18.8. The van der Waals surface area contributed by atoms with Crippen LogP contribution in [-0.4, -0.2) is 45.0 Å². The number of benzene rings is 2. The summed E-state index contributed by atoms with van der Waals surface area (Å²) in [5.74, 6) is -2.93. The molecule has 2 aromatic carbocycles. The average Bonchev–Trinajstić information content (AvgIpc) is 3.66. The summed E-state index contributed by atoms with van der Waals surface area (Å²) in [5.41, 5.74) is -0.267. The standard InChI is InChI=1S/C26H20ClN3O6/c27-20-7-2-1-6-17(20)24(32)28(12-21(31)13-4-3-5-14(10-13)30(35)36)29-25(33)22-15-8-9-16(19-11-18(15)19)23(22)26(29)34/h1-10,15-16,18-19,22-23H,11-12H2/t15-,16-,18-,19-,22-,23+/m0/s1. The Morgan fingerprint density at radius 3 is 2.25 bits per heavy atom. The van der Waals surface area contributed by atoms with Crippen molar-refractivity contribution in [2.75, 3.05) is 6.54 Å². The highest BCUT2D eigenvalue weighted by Gasteiger charge is 2.68. The number of hydrogen-bond donors (Lipinski definition) is 0. The lowest BCUT2D eigenvalue weighted by molar-refractivity contribution is -0.384. The van der Waals surface area contributed by atoms with Crippen LogP contribution in [0.25, 0.3) is 0 Å². The van der Waals surface area contributed by atoms with Gasteiger partial charge in [-0.15, -0.1) is 0 Å². The number of carbonyl (C=O) groups is 4. The van der Waals surface area contributed by atoms with Crippen LogP contribution in [0, 0.1) is 45.6 Å². The molecule has 3 fully saturated rings. The van der Waals surface area contributed by atoms with Crippen LogP contribution in [0.2, 0.25) is 5.02 Å². The molecule has 36 heavy (non-hydrogen) atoms. The molecule has 3 amide bonds. The Morgan fingerprint density at radius 2 is 1.64 bits per heavy atom. The van der Waals surface area contributed by atoms with Gasteiger partial charge in [-0.25, -0.2) is 5.01 Å². The lowest BCUT2D eigenvalue weighted by Gasteiger charge is -2.37. The molecule has 6 atom stereocenters. The number of allylic oxidation sites excluding steroid dienone is 2. The van der Waals surface area contributed by atoms with E-state index in [2.05, 4.69) is 0 Å². The second kappa shape index (κ2) is 8.09. The third kappa shape index (κ3) is 3.30. The number of hydrogen-bond acceptors (Lipinski definition) is 6. The second-order valence-corrected chi connectivity index (χ2v) is 10.1. The molecule has 2 aromatic rings. The molecule has 1 saturated heterocycles. The van der Waals surface area contributed by atoms with E-state index in [4.69, 9.17) is 11.6 Å². The summed E-state index contributed by atoms with van der Waals surface area (Å²) in [6.45, 7) is -0.655. The van der Waals surface area contributed by atoms with Gasteiger partial charge in [-0.3, -0.25) is 29.3 Å². The minimum absolute atomic E-state index is 0.0133. The minimum Gasteiger partial charge on any atom is -0.292 e.